The van der Waals surface area contributed by atoms with Crippen LogP contribution < -0.4 is 5.73 Å². The van der Waals surface area contributed by atoms with Gasteiger partial charge in [-0.2, -0.15) is 0 Å². The Morgan fingerprint density at radius 1 is 1.06 bits per heavy atom. The van der Waals surface area contributed by atoms with Crippen molar-refractivity contribution in [3.8, 4) is 0 Å². The van der Waals surface area contributed by atoms with Crippen LogP contribution in [0.2, 0.25) is 10.0 Å². The number of hydrogen-bond acceptors (Lipinski definition) is 1. The van der Waals surface area contributed by atoms with Crippen LogP contribution in [0, 0.1) is 11.8 Å². The van der Waals surface area contributed by atoms with Gasteiger partial charge in [-0.15, -0.1) is 0 Å². The molecular weight excluding hydrogens is 265 g/mol. The van der Waals surface area contributed by atoms with Crippen molar-refractivity contribution in [2.45, 2.75) is 44.1 Å². The topological polar surface area (TPSA) is 26.0 Å². The average Bonchev–Trinajstić information content (AvgIpc) is 3.17. The third kappa shape index (κ3) is 2.41. The van der Waals surface area contributed by atoms with Gasteiger partial charge in [-0.05, 0) is 55.2 Å². The van der Waals surface area contributed by atoms with Gasteiger partial charge >= 0.3 is 0 Å². The van der Waals surface area contributed by atoms with Gasteiger partial charge in [0.15, 0.2) is 0 Å². The van der Waals surface area contributed by atoms with Gasteiger partial charge in [0.25, 0.3) is 0 Å². The van der Waals surface area contributed by atoms with Crippen molar-refractivity contribution in [3.05, 3.63) is 33.8 Å². The molecule has 98 valence electrons. The zero-order valence-electron chi connectivity index (χ0n) is 10.5. The maximum absolute atomic E-state index is 6.65. The van der Waals surface area contributed by atoms with Crippen LogP contribution in [0.3, 0.4) is 0 Å². The van der Waals surface area contributed by atoms with Crippen molar-refractivity contribution in [1.29, 1.82) is 0 Å². The highest BCUT2D eigenvalue weighted by atomic mass is 35.5. The molecule has 0 radical (unpaired) electrons. The number of benzene rings is 1. The van der Waals surface area contributed by atoms with Crippen molar-refractivity contribution in [3.63, 3.8) is 0 Å². The monoisotopic (exact) mass is 283 g/mol. The van der Waals surface area contributed by atoms with Crippen LogP contribution in [0.1, 0.15) is 44.1 Å². The molecule has 0 saturated heterocycles. The lowest BCUT2D eigenvalue weighted by atomic mass is 9.71. The van der Waals surface area contributed by atoms with Gasteiger partial charge in [0.1, 0.15) is 0 Å². The van der Waals surface area contributed by atoms with E-state index < -0.39 is 0 Å². The summed E-state index contributed by atoms with van der Waals surface area (Å²) in [5.74, 6) is 1.76. The molecule has 2 atom stereocenters. The fraction of sp³-hybridized carbons (Fsp3) is 0.600. The Morgan fingerprint density at radius 2 is 1.83 bits per heavy atom. The molecule has 0 heterocycles. The van der Waals surface area contributed by atoms with E-state index in [0.29, 0.717) is 10.0 Å². The maximum Gasteiger partial charge on any atom is 0.0595 e. The molecule has 0 bridgehead atoms. The van der Waals surface area contributed by atoms with E-state index in [1.165, 1.54) is 25.7 Å². The molecule has 2 N–H and O–H groups in total. The molecule has 1 aromatic carbocycles. The number of hydrogen-bond donors (Lipinski definition) is 1. The minimum Gasteiger partial charge on any atom is -0.321 e. The predicted octanol–water partition coefficient (Wildman–Crippen LogP) is 4.75. The van der Waals surface area contributed by atoms with Crippen LogP contribution >= 0.6 is 23.2 Å². The Hall–Kier alpha value is -0.240. The van der Waals surface area contributed by atoms with Crippen LogP contribution in [0.15, 0.2) is 18.2 Å². The molecule has 2 fully saturated rings. The second-order valence-electron chi connectivity index (χ2n) is 5.98. The summed E-state index contributed by atoms with van der Waals surface area (Å²) in [5, 5.41) is 1.23. The zero-order valence-corrected chi connectivity index (χ0v) is 12.0. The molecule has 0 aromatic heterocycles. The molecule has 3 heteroatoms. The second-order valence-corrected chi connectivity index (χ2v) is 6.79. The second kappa shape index (κ2) is 4.70. The minimum atomic E-state index is -0.195. The average molecular weight is 284 g/mol. The highest BCUT2D eigenvalue weighted by Crippen LogP contribution is 2.48. The molecule has 0 aliphatic heterocycles. The number of halogens is 2. The molecule has 2 unspecified atom stereocenters. The van der Waals surface area contributed by atoms with Gasteiger partial charge < -0.3 is 5.73 Å². The van der Waals surface area contributed by atoms with Gasteiger partial charge in [0, 0.05) is 5.54 Å². The van der Waals surface area contributed by atoms with Crippen LogP contribution in [0.5, 0.6) is 0 Å². The zero-order chi connectivity index (χ0) is 12.8. The third-order valence-corrected chi connectivity index (χ3v) is 5.35. The van der Waals surface area contributed by atoms with Crippen LogP contribution in [-0.2, 0) is 5.54 Å². The van der Waals surface area contributed by atoms with Gasteiger partial charge in [-0.25, -0.2) is 0 Å². The van der Waals surface area contributed by atoms with Crippen molar-refractivity contribution >= 4 is 23.2 Å². The summed E-state index contributed by atoms with van der Waals surface area (Å²) >= 11 is 12.1. The Balaban J connectivity index is 1.85. The fourth-order valence-electron chi connectivity index (χ4n) is 3.39. The van der Waals surface area contributed by atoms with Gasteiger partial charge in [-0.3, -0.25) is 0 Å². The summed E-state index contributed by atoms with van der Waals surface area (Å²) in [7, 11) is 0. The quantitative estimate of drug-likeness (QED) is 0.833. The molecule has 2 aliphatic carbocycles. The SMILES string of the molecule is NC1(c2ccc(Cl)c(Cl)c2)CCCC(C2CC2)C1. The molecule has 0 amide bonds. The Morgan fingerprint density at radius 3 is 2.50 bits per heavy atom. The van der Waals surface area contributed by atoms with E-state index in [0.717, 1.165) is 30.2 Å². The van der Waals surface area contributed by atoms with Crippen LogP contribution in [0.25, 0.3) is 0 Å². The Kier molecular flexibility index (Phi) is 3.34. The molecule has 0 spiro atoms. The Labute approximate surface area is 119 Å². The predicted molar refractivity (Wildman–Crippen MR) is 77.0 cm³/mol. The smallest absolute Gasteiger partial charge is 0.0595 e. The molecule has 1 nitrogen and oxygen atoms in total. The lowest BCUT2D eigenvalue weighted by Crippen LogP contribution is -2.41. The van der Waals surface area contributed by atoms with Crippen LogP contribution in [0.4, 0.5) is 0 Å². The van der Waals surface area contributed by atoms with Crippen LogP contribution in [-0.4, -0.2) is 0 Å². The summed E-state index contributed by atoms with van der Waals surface area (Å²) in [6, 6.07) is 5.87. The van der Waals surface area contributed by atoms with E-state index in [2.05, 4.69) is 0 Å². The van der Waals surface area contributed by atoms with E-state index in [-0.39, 0.29) is 5.54 Å². The summed E-state index contributed by atoms with van der Waals surface area (Å²) in [5.41, 5.74) is 7.61. The van der Waals surface area contributed by atoms with Gasteiger partial charge in [-0.1, -0.05) is 42.1 Å². The normalized spacial score (nSPS) is 32.5. The highest BCUT2D eigenvalue weighted by molar-refractivity contribution is 6.42. The van der Waals surface area contributed by atoms with Crippen molar-refractivity contribution in [2.75, 3.05) is 0 Å². The van der Waals surface area contributed by atoms with E-state index in [1.54, 1.807) is 0 Å². The first-order valence-corrected chi connectivity index (χ1v) is 7.58. The number of rotatable bonds is 2. The fourth-order valence-corrected chi connectivity index (χ4v) is 3.69. The summed E-state index contributed by atoms with van der Waals surface area (Å²) < 4.78 is 0. The molecular formula is C15H19Cl2N. The van der Waals surface area contributed by atoms with Gasteiger partial charge in [0.05, 0.1) is 10.0 Å². The molecule has 2 aliphatic rings. The first-order chi connectivity index (χ1) is 8.58. The number of nitrogens with two attached hydrogens (primary N) is 1. The Bertz CT molecular complexity index is 456. The first-order valence-electron chi connectivity index (χ1n) is 6.83. The lowest BCUT2D eigenvalue weighted by Gasteiger charge is -2.39. The summed E-state index contributed by atoms with van der Waals surface area (Å²) in [4.78, 5) is 0. The largest absolute Gasteiger partial charge is 0.321 e. The maximum atomic E-state index is 6.65. The summed E-state index contributed by atoms with van der Waals surface area (Å²) in [6.45, 7) is 0. The van der Waals surface area contributed by atoms with Crippen molar-refractivity contribution in [2.24, 2.45) is 17.6 Å². The lowest BCUT2D eigenvalue weighted by molar-refractivity contribution is 0.206. The van der Waals surface area contributed by atoms with Crippen molar-refractivity contribution in [1.82, 2.24) is 0 Å². The van der Waals surface area contributed by atoms with E-state index in [1.807, 2.05) is 18.2 Å². The van der Waals surface area contributed by atoms with Crippen molar-refractivity contribution < 1.29 is 0 Å². The van der Waals surface area contributed by atoms with E-state index in [4.69, 9.17) is 28.9 Å². The first kappa shape index (κ1) is 12.8. The van der Waals surface area contributed by atoms with E-state index in [9.17, 15) is 0 Å². The molecule has 1 aromatic rings. The standard InChI is InChI=1S/C15H19Cl2N/c16-13-6-5-12(8-14(13)17)15(18)7-1-2-11(9-15)10-3-4-10/h5-6,8,10-11H,1-4,7,9,18H2. The third-order valence-electron chi connectivity index (χ3n) is 4.61. The van der Waals surface area contributed by atoms with Gasteiger partial charge in [0.2, 0.25) is 0 Å². The minimum absolute atomic E-state index is 0.195. The van der Waals surface area contributed by atoms with E-state index >= 15 is 0 Å². The summed E-state index contributed by atoms with van der Waals surface area (Å²) in [6.07, 6.45) is 7.57. The molecule has 3 rings (SSSR count). The highest BCUT2D eigenvalue weighted by Gasteiger charge is 2.40. The molecule has 18 heavy (non-hydrogen) atoms. The molecule has 2 saturated carbocycles.